The van der Waals surface area contributed by atoms with Gasteiger partial charge >= 0.3 is 0 Å². The van der Waals surface area contributed by atoms with E-state index in [-0.39, 0.29) is 5.92 Å². The summed E-state index contributed by atoms with van der Waals surface area (Å²) in [5.41, 5.74) is 1.14. The van der Waals surface area contributed by atoms with Crippen molar-refractivity contribution in [1.29, 1.82) is 5.26 Å². The van der Waals surface area contributed by atoms with Crippen LogP contribution in [0, 0.1) is 17.2 Å². The van der Waals surface area contributed by atoms with Crippen molar-refractivity contribution < 1.29 is 9.47 Å². The number of hydrogen-bond donors (Lipinski definition) is 1. The van der Waals surface area contributed by atoms with Gasteiger partial charge in [0.25, 0.3) is 0 Å². The van der Waals surface area contributed by atoms with Gasteiger partial charge in [0.15, 0.2) is 11.5 Å². The predicted molar refractivity (Wildman–Crippen MR) is 63.7 cm³/mol. The minimum absolute atomic E-state index is 0.0870. The first-order valence-corrected chi connectivity index (χ1v) is 5.82. The van der Waals surface area contributed by atoms with Crippen molar-refractivity contribution in [2.75, 3.05) is 13.3 Å². The monoisotopic (exact) mass is 232 g/mol. The molecule has 1 atom stereocenters. The molecule has 0 saturated heterocycles. The van der Waals surface area contributed by atoms with E-state index >= 15 is 0 Å². The van der Waals surface area contributed by atoms with E-state index in [1.165, 1.54) is 0 Å². The zero-order valence-corrected chi connectivity index (χ0v) is 9.90. The van der Waals surface area contributed by atoms with Gasteiger partial charge in [-0.3, -0.25) is 0 Å². The molecule has 0 aromatic heterocycles. The fourth-order valence-corrected chi connectivity index (χ4v) is 1.72. The first-order chi connectivity index (χ1) is 8.33. The lowest BCUT2D eigenvalue weighted by molar-refractivity contribution is 0.174. The second kappa shape index (κ2) is 5.55. The summed E-state index contributed by atoms with van der Waals surface area (Å²) in [6, 6.07) is 8.17. The van der Waals surface area contributed by atoms with Crippen LogP contribution in [0.4, 0.5) is 0 Å². The van der Waals surface area contributed by atoms with Gasteiger partial charge < -0.3 is 14.8 Å². The average Bonchev–Trinajstić information content (AvgIpc) is 2.82. The van der Waals surface area contributed by atoms with Gasteiger partial charge in [0.1, 0.15) is 0 Å². The van der Waals surface area contributed by atoms with Crippen LogP contribution in [0.2, 0.25) is 0 Å². The Labute approximate surface area is 101 Å². The molecule has 1 unspecified atom stereocenters. The summed E-state index contributed by atoms with van der Waals surface area (Å²) in [5, 5.41) is 12.1. The lowest BCUT2D eigenvalue weighted by Gasteiger charge is -2.08. The summed E-state index contributed by atoms with van der Waals surface area (Å²) in [6.07, 6.45) is 0.880. The minimum atomic E-state index is 0.0870. The highest BCUT2D eigenvalue weighted by atomic mass is 16.7. The van der Waals surface area contributed by atoms with Crippen LogP contribution in [0.1, 0.15) is 18.9 Å². The summed E-state index contributed by atoms with van der Waals surface area (Å²) < 4.78 is 10.6. The summed E-state index contributed by atoms with van der Waals surface area (Å²) in [5.74, 6) is 1.69. The Bertz CT molecular complexity index is 426. The largest absolute Gasteiger partial charge is 0.454 e. The smallest absolute Gasteiger partial charge is 0.231 e. The Balaban J connectivity index is 1.86. The molecule has 0 radical (unpaired) electrons. The molecule has 0 saturated carbocycles. The van der Waals surface area contributed by atoms with Crippen molar-refractivity contribution >= 4 is 0 Å². The molecule has 4 heteroatoms. The fourth-order valence-electron chi connectivity index (χ4n) is 1.72. The lowest BCUT2D eigenvalue weighted by Crippen LogP contribution is -2.21. The van der Waals surface area contributed by atoms with Gasteiger partial charge in [-0.05, 0) is 24.1 Å². The van der Waals surface area contributed by atoms with Gasteiger partial charge in [-0.1, -0.05) is 13.0 Å². The molecule has 4 nitrogen and oxygen atoms in total. The number of nitriles is 1. The number of nitrogens with one attached hydrogen (secondary N) is 1. The molecule has 17 heavy (non-hydrogen) atoms. The van der Waals surface area contributed by atoms with Gasteiger partial charge in [0.2, 0.25) is 6.79 Å². The molecule has 90 valence electrons. The summed E-state index contributed by atoms with van der Waals surface area (Å²) in [4.78, 5) is 0. The highest BCUT2D eigenvalue weighted by molar-refractivity contribution is 5.44. The Hall–Kier alpha value is -1.73. The van der Waals surface area contributed by atoms with Crippen molar-refractivity contribution in [3.8, 4) is 17.6 Å². The van der Waals surface area contributed by atoms with Crippen LogP contribution in [0.3, 0.4) is 0 Å². The Morgan fingerprint density at radius 2 is 2.24 bits per heavy atom. The van der Waals surface area contributed by atoms with E-state index in [0.717, 1.165) is 36.6 Å². The summed E-state index contributed by atoms with van der Waals surface area (Å²) in [7, 11) is 0. The molecule has 2 rings (SSSR count). The maximum Gasteiger partial charge on any atom is 0.231 e. The van der Waals surface area contributed by atoms with Gasteiger partial charge in [-0.15, -0.1) is 0 Å². The minimum Gasteiger partial charge on any atom is -0.454 e. The van der Waals surface area contributed by atoms with E-state index in [9.17, 15) is 0 Å². The van der Waals surface area contributed by atoms with E-state index in [0.29, 0.717) is 6.79 Å². The standard InChI is InChI=1S/C13H16N2O2/c1-2-10(6-14)7-15-8-11-3-4-12-13(5-11)17-9-16-12/h3-5,10,15H,2,7-9H2,1H3. The molecule has 0 spiro atoms. The third kappa shape index (κ3) is 2.89. The number of benzene rings is 1. The van der Waals surface area contributed by atoms with E-state index < -0.39 is 0 Å². The van der Waals surface area contributed by atoms with E-state index in [1.54, 1.807) is 0 Å². The van der Waals surface area contributed by atoms with Crippen molar-refractivity contribution in [1.82, 2.24) is 5.32 Å². The van der Waals surface area contributed by atoms with E-state index in [4.69, 9.17) is 14.7 Å². The maximum atomic E-state index is 8.82. The maximum absolute atomic E-state index is 8.82. The second-order valence-electron chi connectivity index (χ2n) is 4.05. The highest BCUT2D eigenvalue weighted by Gasteiger charge is 2.13. The number of nitrogens with zero attached hydrogens (tertiary/aromatic N) is 1. The fraction of sp³-hybridized carbons (Fsp3) is 0.462. The third-order valence-corrected chi connectivity index (χ3v) is 2.83. The average molecular weight is 232 g/mol. The van der Waals surface area contributed by atoms with Crippen molar-refractivity contribution in [2.24, 2.45) is 5.92 Å². The molecule has 1 N–H and O–H groups in total. The normalized spacial score (nSPS) is 14.4. The Morgan fingerprint density at radius 3 is 3.00 bits per heavy atom. The molecule has 1 aliphatic heterocycles. The number of ether oxygens (including phenoxy) is 2. The topological polar surface area (TPSA) is 54.3 Å². The zero-order chi connectivity index (χ0) is 12.1. The first-order valence-electron chi connectivity index (χ1n) is 5.82. The molecule has 1 aromatic carbocycles. The van der Waals surface area contributed by atoms with Gasteiger partial charge in [-0.25, -0.2) is 0 Å². The second-order valence-corrected chi connectivity index (χ2v) is 4.05. The molecule has 0 aliphatic carbocycles. The third-order valence-electron chi connectivity index (χ3n) is 2.83. The van der Waals surface area contributed by atoms with Crippen LogP contribution < -0.4 is 14.8 Å². The van der Waals surface area contributed by atoms with Crippen LogP contribution in [0.5, 0.6) is 11.5 Å². The Morgan fingerprint density at radius 1 is 1.41 bits per heavy atom. The SMILES string of the molecule is CCC(C#N)CNCc1ccc2c(c1)OCO2. The van der Waals surface area contributed by atoms with Crippen molar-refractivity contribution in [3.05, 3.63) is 23.8 Å². The van der Waals surface area contributed by atoms with Gasteiger partial charge in [0.05, 0.1) is 12.0 Å². The predicted octanol–water partition coefficient (Wildman–Crippen LogP) is 2.05. The molecule has 1 heterocycles. The molecule has 0 amide bonds. The molecule has 1 aromatic rings. The van der Waals surface area contributed by atoms with Crippen LogP contribution in [-0.2, 0) is 6.54 Å². The highest BCUT2D eigenvalue weighted by Crippen LogP contribution is 2.32. The lowest BCUT2D eigenvalue weighted by atomic mass is 10.1. The van der Waals surface area contributed by atoms with Crippen molar-refractivity contribution in [3.63, 3.8) is 0 Å². The molecule has 0 fully saturated rings. The number of fused-ring (bicyclic) bond motifs is 1. The quantitative estimate of drug-likeness (QED) is 0.844. The van der Waals surface area contributed by atoms with Gasteiger partial charge in [-0.2, -0.15) is 5.26 Å². The van der Waals surface area contributed by atoms with E-state index in [2.05, 4.69) is 11.4 Å². The Kier molecular flexibility index (Phi) is 3.84. The summed E-state index contributed by atoms with van der Waals surface area (Å²) >= 11 is 0. The molecular weight excluding hydrogens is 216 g/mol. The molecule has 0 bridgehead atoms. The molecular formula is C13H16N2O2. The molecule has 1 aliphatic rings. The van der Waals surface area contributed by atoms with Crippen molar-refractivity contribution in [2.45, 2.75) is 19.9 Å². The summed E-state index contributed by atoms with van der Waals surface area (Å²) in [6.45, 7) is 3.80. The van der Waals surface area contributed by atoms with Crippen LogP contribution >= 0.6 is 0 Å². The van der Waals surface area contributed by atoms with Crippen LogP contribution in [0.25, 0.3) is 0 Å². The first kappa shape index (κ1) is 11.7. The number of hydrogen-bond acceptors (Lipinski definition) is 4. The van der Waals surface area contributed by atoms with E-state index in [1.807, 2.05) is 25.1 Å². The zero-order valence-electron chi connectivity index (χ0n) is 9.90. The van der Waals surface area contributed by atoms with Crippen LogP contribution in [0.15, 0.2) is 18.2 Å². The van der Waals surface area contributed by atoms with Crippen LogP contribution in [-0.4, -0.2) is 13.3 Å². The number of rotatable bonds is 5. The van der Waals surface area contributed by atoms with Gasteiger partial charge in [0, 0.05) is 13.1 Å².